The zero-order chi connectivity index (χ0) is 9.97. The lowest BCUT2D eigenvalue weighted by molar-refractivity contribution is -0.108. The predicted molar refractivity (Wildman–Crippen MR) is 60.3 cm³/mol. The number of halogens is 1. The number of carbonyl (C=O) groups excluding carboxylic acids is 1. The van der Waals surface area contributed by atoms with E-state index in [1.165, 1.54) is 11.1 Å². The topological polar surface area (TPSA) is 17.1 Å². The zero-order valence-electron chi connectivity index (χ0n) is 8.00. The lowest BCUT2D eigenvalue weighted by Gasteiger charge is -2.23. The van der Waals surface area contributed by atoms with Crippen molar-refractivity contribution in [1.29, 1.82) is 0 Å². The van der Waals surface area contributed by atoms with Crippen LogP contribution >= 0.6 is 15.9 Å². The summed E-state index contributed by atoms with van der Waals surface area (Å²) < 4.78 is 1.16. The number of aryl methyl sites for hydroxylation is 1. The molecule has 0 bridgehead atoms. The zero-order valence-corrected chi connectivity index (χ0v) is 9.59. The lowest BCUT2D eigenvalue weighted by Crippen LogP contribution is -2.14. The molecule has 0 saturated heterocycles. The van der Waals surface area contributed by atoms with Gasteiger partial charge in [0.05, 0.1) is 0 Å². The summed E-state index contributed by atoms with van der Waals surface area (Å²) in [5.41, 5.74) is 2.87. The highest BCUT2D eigenvalue weighted by Gasteiger charge is 2.17. The van der Waals surface area contributed by atoms with Gasteiger partial charge in [-0.2, -0.15) is 0 Å². The summed E-state index contributed by atoms with van der Waals surface area (Å²) in [7, 11) is 0. The quantitative estimate of drug-likeness (QED) is 0.740. The van der Waals surface area contributed by atoms with E-state index in [2.05, 4.69) is 34.1 Å². The smallest absolute Gasteiger partial charge is 0.120 e. The Bertz CT molecular complexity index is 346. The fraction of sp³-hybridized carbons (Fsp3) is 0.417. The molecule has 1 aromatic rings. The van der Waals surface area contributed by atoms with Crippen LogP contribution in [0.3, 0.4) is 0 Å². The maximum atomic E-state index is 10.4. The molecule has 0 radical (unpaired) electrons. The second kappa shape index (κ2) is 4.26. The Balaban J connectivity index is 2.18. The molecule has 1 aliphatic rings. The van der Waals surface area contributed by atoms with Gasteiger partial charge in [0.1, 0.15) is 6.29 Å². The van der Waals surface area contributed by atoms with Gasteiger partial charge in [-0.25, -0.2) is 0 Å². The molecule has 0 aromatic heterocycles. The summed E-state index contributed by atoms with van der Waals surface area (Å²) in [4.78, 5) is 10.4. The molecule has 74 valence electrons. The third-order valence-electron chi connectivity index (χ3n) is 2.93. The molecule has 2 heteroatoms. The molecule has 0 aliphatic heterocycles. The maximum absolute atomic E-state index is 10.4. The Morgan fingerprint density at radius 2 is 2.29 bits per heavy atom. The van der Waals surface area contributed by atoms with Crippen LogP contribution in [-0.2, 0) is 17.6 Å². The standard InChI is InChI=1S/C12H13BrO/c13-12-4-3-10-7-9(5-6-14)1-2-11(10)8-12/h3-4,6,8-9H,1-2,5,7H2. The molecule has 0 fully saturated rings. The van der Waals surface area contributed by atoms with E-state index in [0.29, 0.717) is 5.92 Å². The van der Waals surface area contributed by atoms with Crippen LogP contribution in [0, 0.1) is 5.92 Å². The Labute approximate surface area is 92.6 Å². The van der Waals surface area contributed by atoms with Crippen molar-refractivity contribution in [2.45, 2.75) is 25.7 Å². The molecule has 0 N–H and O–H groups in total. The number of carbonyl (C=O) groups is 1. The largest absolute Gasteiger partial charge is 0.303 e. The van der Waals surface area contributed by atoms with Gasteiger partial charge in [0.15, 0.2) is 0 Å². The van der Waals surface area contributed by atoms with Crippen molar-refractivity contribution < 1.29 is 4.79 Å². The summed E-state index contributed by atoms with van der Waals surface area (Å²) >= 11 is 3.48. The van der Waals surface area contributed by atoms with E-state index in [0.717, 1.165) is 36.4 Å². The number of aldehydes is 1. The van der Waals surface area contributed by atoms with Gasteiger partial charge in [-0.3, -0.25) is 0 Å². The van der Waals surface area contributed by atoms with E-state index in [1.54, 1.807) is 0 Å². The van der Waals surface area contributed by atoms with E-state index in [-0.39, 0.29) is 0 Å². The molecule has 0 saturated carbocycles. The van der Waals surface area contributed by atoms with Gasteiger partial charge in [-0.05, 0) is 48.4 Å². The van der Waals surface area contributed by atoms with Crippen LogP contribution in [0.1, 0.15) is 24.0 Å². The highest BCUT2D eigenvalue weighted by atomic mass is 79.9. The van der Waals surface area contributed by atoms with Gasteiger partial charge in [0.25, 0.3) is 0 Å². The Hall–Kier alpha value is -0.630. The summed E-state index contributed by atoms with van der Waals surface area (Å²) in [6, 6.07) is 6.46. The van der Waals surface area contributed by atoms with Crippen LogP contribution in [0.25, 0.3) is 0 Å². The molecule has 1 nitrogen and oxygen atoms in total. The van der Waals surface area contributed by atoms with Crippen LogP contribution < -0.4 is 0 Å². The van der Waals surface area contributed by atoms with Crippen molar-refractivity contribution in [2.75, 3.05) is 0 Å². The first-order valence-corrected chi connectivity index (χ1v) is 5.80. The van der Waals surface area contributed by atoms with Crippen LogP contribution in [0.4, 0.5) is 0 Å². The van der Waals surface area contributed by atoms with Crippen molar-refractivity contribution in [1.82, 2.24) is 0 Å². The summed E-state index contributed by atoms with van der Waals surface area (Å²) in [5.74, 6) is 0.571. The lowest BCUT2D eigenvalue weighted by atomic mass is 9.83. The third kappa shape index (κ3) is 2.06. The minimum absolute atomic E-state index is 0.571. The normalized spacial score (nSPS) is 20.2. The third-order valence-corrected chi connectivity index (χ3v) is 3.42. The molecule has 1 unspecified atom stereocenters. The minimum Gasteiger partial charge on any atom is -0.303 e. The van der Waals surface area contributed by atoms with E-state index < -0.39 is 0 Å². The Kier molecular flexibility index (Phi) is 3.02. The van der Waals surface area contributed by atoms with E-state index in [4.69, 9.17) is 0 Å². The van der Waals surface area contributed by atoms with E-state index >= 15 is 0 Å². The Morgan fingerprint density at radius 1 is 1.43 bits per heavy atom. The molecule has 0 spiro atoms. The average Bonchev–Trinajstić information content (AvgIpc) is 2.19. The summed E-state index contributed by atoms with van der Waals surface area (Å²) in [6.45, 7) is 0. The van der Waals surface area contributed by atoms with Gasteiger partial charge in [-0.1, -0.05) is 22.0 Å². The molecule has 0 heterocycles. The monoisotopic (exact) mass is 252 g/mol. The van der Waals surface area contributed by atoms with Crippen molar-refractivity contribution in [3.8, 4) is 0 Å². The number of rotatable bonds is 2. The van der Waals surface area contributed by atoms with Crippen molar-refractivity contribution >= 4 is 22.2 Å². The first kappa shape index (κ1) is 9.91. The fourth-order valence-corrected chi connectivity index (χ4v) is 2.54. The molecular weight excluding hydrogens is 240 g/mol. The van der Waals surface area contributed by atoms with Gasteiger partial charge in [0.2, 0.25) is 0 Å². The second-order valence-electron chi connectivity index (χ2n) is 3.92. The van der Waals surface area contributed by atoms with Gasteiger partial charge < -0.3 is 4.79 Å². The van der Waals surface area contributed by atoms with Crippen molar-refractivity contribution in [3.63, 3.8) is 0 Å². The van der Waals surface area contributed by atoms with E-state index in [9.17, 15) is 4.79 Å². The van der Waals surface area contributed by atoms with Gasteiger partial charge >= 0.3 is 0 Å². The number of hydrogen-bond donors (Lipinski definition) is 0. The number of hydrogen-bond acceptors (Lipinski definition) is 1. The highest BCUT2D eigenvalue weighted by molar-refractivity contribution is 9.10. The van der Waals surface area contributed by atoms with Gasteiger partial charge in [0, 0.05) is 10.9 Å². The fourth-order valence-electron chi connectivity index (χ4n) is 2.14. The van der Waals surface area contributed by atoms with Gasteiger partial charge in [-0.15, -0.1) is 0 Å². The minimum atomic E-state index is 0.571. The first-order valence-electron chi connectivity index (χ1n) is 5.00. The van der Waals surface area contributed by atoms with Crippen molar-refractivity contribution in [2.24, 2.45) is 5.92 Å². The molecular formula is C12H13BrO. The molecule has 0 amide bonds. The first-order chi connectivity index (χ1) is 6.79. The van der Waals surface area contributed by atoms with E-state index in [1.807, 2.05) is 0 Å². The van der Waals surface area contributed by atoms with Crippen LogP contribution in [0.5, 0.6) is 0 Å². The summed E-state index contributed by atoms with van der Waals surface area (Å²) in [6.07, 6.45) is 5.11. The Morgan fingerprint density at radius 3 is 3.07 bits per heavy atom. The molecule has 14 heavy (non-hydrogen) atoms. The number of fused-ring (bicyclic) bond motifs is 1. The molecule has 1 aromatic carbocycles. The molecule has 1 aliphatic carbocycles. The van der Waals surface area contributed by atoms with Crippen molar-refractivity contribution in [3.05, 3.63) is 33.8 Å². The maximum Gasteiger partial charge on any atom is 0.120 e. The van der Waals surface area contributed by atoms with Crippen LogP contribution in [0.2, 0.25) is 0 Å². The van der Waals surface area contributed by atoms with Crippen LogP contribution in [-0.4, -0.2) is 6.29 Å². The summed E-state index contributed by atoms with van der Waals surface area (Å²) in [5, 5.41) is 0. The number of benzene rings is 1. The molecule has 2 rings (SSSR count). The SMILES string of the molecule is O=CCC1CCc2cc(Br)ccc2C1. The average molecular weight is 253 g/mol. The predicted octanol–water partition coefficient (Wildman–Crippen LogP) is 3.14. The highest BCUT2D eigenvalue weighted by Crippen LogP contribution is 2.28. The molecule has 1 atom stereocenters. The second-order valence-corrected chi connectivity index (χ2v) is 4.84. The van der Waals surface area contributed by atoms with Crippen LogP contribution in [0.15, 0.2) is 22.7 Å².